The van der Waals surface area contributed by atoms with Crippen molar-refractivity contribution < 1.29 is 49.0 Å². The molecule has 0 amide bonds. The predicted octanol–water partition coefficient (Wildman–Crippen LogP) is 5.97. The van der Waals surface area contributed by atoms with Crippen LogP contribution in [0.2, 0.25) is 0 Å². The molecule has 0 saturated carbocycles. The molecule has 6 nitrogen and oxygen atoms in total. The van der Waals surface area contributed by atoms with Crippen LogP contribution < -0.4 is 20.1 Å². The highest BCUT2D eigenvalue weighted by molar-refractivity contribution is 8.00. The molecule has 1 heterocycles. The number of ether oxygens (including phenoxy) is 2. The summed E-state index contributed by atoms with van der Waals surface area (Å²) < 4.78 is 120. The average molecular weight is 508 g/mol. The van der Waals surface area contributed by atoms with Crippen molar-refractivity contribution in [3.63, 3.8) is 0 Å². The van der Waals surface area contributed by atoms with Crippen LogP contribution in [0.25, 0.3) is 0 Å². The molecule has 0 saturated heterocycles. The lowest BCUT2D eigenvalue weighted by Crippen LogP contribution is -2.21. The molecule has 182 valence electrons. The van der Waals surface area contributed by atoms with Gasteiger partial charge in [-0.25, -0.2) is 0 Å². The lowest BCUT2D eigenvalue weighted by molar-refractivity contribution is -0.154. The SMILES string of the molecule is C=C(Nc1ccc(SC(F)(F)F)cc1)Nc1nc(OCC(F)(F)F)cc(OCC(F)(F)F)n1. The second-order valence-electron chi connectivity index (χ2n) is 5.98. The summed E-state index contributed by atoms with van der Waals surface area (Å²) in [4.78, 5) is 7.08. The summed E-state index contributed by atoms with van der Waals surface area (Å²) in [5.74, 6) is -2.10. The number of aromatic nitrogens is 2. The largest absolute Gasteiger partial charge is 0.468 e. The van der Waals surface area contributed by atoms with E-state index in [0.29, 0.717) is 6.07 Å². The van der Waals surface area contributed by atoms with Crippen LogP contribution in [-0.4, -0.2) is 41.0 Å². The minimum Gasteiger partial charge on any atom is -0.468 e. The minimum atomic E-state index is -4.74. The number of hydrogen-bond donors (Lipinski definition) is 2. The monoisotopic (exact) mass is 508 g/mol. The van der Waals surface area contributed by atoms with E-state index in [9.17, 15) is 39.5 Å². The summed E-state index contributed by atoms with van der Waals surface area (Å²) >= 11 is -0.327. The highest BCUT2D eigenvalue weighted by atomic mass is 32.2. The molecule has 0 bridgehead atoms. The van der Waals surface area contributed by atoms with E-state index in [1.165, 1.54) is 24.3 Å². The molecular weight excluding hydrogens is 495 g/mol. The fourth-order valence-corrected chi connectivity index (χ4v) is 2.54. The van der Waals surface area contributed by atoms with Gasteiger partial charge in [0.25, 0.3) is 0 Å². The topological polar surface area (TPSA) is 68.3 Å². The lowest BCUT2D eigenvalue weighted by Gasteiger charge is -2.15. The number of thioether (sulfide) groups is 1. The van der Waals surface area contributed by atoms with Gasteiger partial charge in [0, 0.05) is 10.6 Å². The minimum absolute atomic E-state index is 0.0871. The maximum absolute atomic E-state index is 12.4. The van der Waals surface area contributed by atoms with Crippen LogP contribution in [0, 0.1) is 0 Å². The third kappa shape index (κ3) is 10.9. The Morgan fingerprint density at radius 3 is 1.73 bits per heavy atom. The first-order chi connectivity index (χ1) is 15.1. The Morgan fingerprint density at radius 2 is 1.30 bits per heavy atom. The van der Waals surface area contributed by atoms with Crippen LogP contribution in [0.3, 0.4) is 0 Å². The van der Waals surface area contributed by atoms with Crippen LogP contribution in [0.4, 0.5) is 51.1 Å². The molecule has 2 N–H and O–H groups in total. The molecule has 0 aliphatic heterocycles. The molecule has 33 heavy (non-hydrogen) atoms. The fraction of sp³-hybridized carbons (Fsp3) is 0.294. The van der Waals surface area contributed by atoms with Gasteiger partial charge in [-0.05, 0) is 36.0 Å². The van der Waals surface area contributed by atoms with E-state index >= 15 is 0 Å². The number of benzene rings is 1. The number of hydrogen-bond acceptors (Lipinski definition) is 7. The van der Waals surface area contributed by atoms with Crippen molar-refractivity contribution in [3.8, 4) is 11.8 Å². The van der Waals surface area contributed by atoms with Crippen LogP contribution in [0.1, 0.15) is 0 Å². The summed E-state index contributed by atoms with van der Waals surface area (Å²) in [6.07, 6.45) is -9.49. The number of nitrogens with zero attached hydrogens (tertiary/aromatic N) is 2. The van der Waals surface area contributed by atoms with Crippen molar-refractivity contribution in [2.45, 2.75) is 22.8 Å². The molecule has 2 rings (SSSR count). The Balaban J connectivity index is 2.10. The van der Waals surface area contributed by atoms with Crippen LogP contribution in [0.5, 0.6) is 11.8 Å². The van der Waals surface area contributed by atoms with Crippen molar-refractivity contribution in [2.24, 2.45) is 0 Å². The molecule has 0 aliphatic carbocycles. The van der Waals surface area contributed by atoms with Crippen molar-refractivity contribution >= 4 is 23.4 Å². The third-order valence-electron chi connectivity index (χ3n) is 3.09. The highest BCUT2D eigenvalue weighted by Crippen LogP contribution is 2.37. The summed E-state index contributed by atoms with van der Waals surface area (Å²) in [6, 6.07) is 5.53. The smallest absolute Gasteiger partial charge is 0.446 e. The van der Waals surface area contributed by atoms with Gasteiger partial charge >= 0.3 is 17.9 Å². The van der Waals surface area contributed by atoms with Gasteiger partial charge in [-0.3, -0.25) is 0 Å². The van der Waals surface area contributed by atoms with E-state index in [0.717, 1.165) is 0 Å². The molecule has 0 aliphatic rings. The third-order valence-corrected chi connectivity index (χ3v) is 3.83. The maximum Gasteiger partial charge on any atom is 0.446 e. The standard InChI is InChI=1S/C17H13F9N4O2S/c1-9(27-10-2-4-11(5-3-10)33-17(24,25)26)28-14-29-12(31-7-15(18,19)20)6-13(30-14)32-8-16(21,22)23/h2-6,27H,1,7-8H2,(H,28,29,30). The fourth-order valence-electron chi connectivity index (χ4n) is 2.00. The molecule has 1 aromatic carbocycles. The Bertz CT molecular complexity index is 911. The van der Waals surface area contributed by atoms with E-state index in [4.69, 9.17) is 0 Å². The first-order valence-corrected chi connectivity index (χ1v) is 9.26. The van der Waals surface area contributed by atoms with Gasteiger partial charge in [0.1, 0.15) is 5.82 Å². The summed E-state index contributed by atoms with van der Waals surface area (Å²) in [6.45, 7) is -0.0204. The van der Waals surface area contributed by atoms with E-state index in [-0.39, 0.29) is 28.2 Å². The van der Waals surface area contributed by atoms with Crippen molar-refractivity contribution in [2.75, 3.05) is 23.8 Å². The number of halogens is 9. The number of rotatable bonds is 9. The summed E-state index contributed by atoms with van der Waals surface area (Å²) in [7, 11) is 0. The number of alkyl halides is 9. The van der Waals surface area contributed by atoms with Crippen LogP contribution in [0.15, 0.2) is 47.6 Å². The first kappa shape index (κ1) is 26.2. The van der Waals surface area contributed by atoms with Crippen molar-refractivity contribution in [1.29, 1.82) is 0 Å². The highest BCUT2D eigenvalue weighted by Gasteiger charge is 2.31. The zero-order valence-electron chi connectivity index (χ0n) is 16.0. The van der Waals surface area contributed by atoms with E-state index in [1.807, 2.05) is 0 Å². The molecule has 2 aromatic rings. The maximum atomic E-state index is 12.4. The number of nitrogens with one attached hydrogen (secondary N) is 2. The Hall–Kier alpha value is -3.04. The second-order valence-corrected chi connectivity index (χ2v) is 7.11. The van der Waals surface area contributed by atoms with Gasteiger partial charge < -0.3 is 20.1 Å². The van der Waals surface area contributed by atoms with Gasteiger partial charge in [-0.1, -0.05) is 6.58 Å². The van der Waals surface area contributed by atoms with E-state index in [1.54, 1.807) is 0 Å². The lowest BCUT2D eigenvalue weighted by atomic mass is 10.3. The van der Waals surface area contributed by atoms with E-state index < -0.39 is 48.8 Å². The van der Waals surface area contributed by atoms with Gasteiger partial charge in [0.05, 0.1) is 6.07 Å². The van der Waals surface area contributed by atoms with Crippen LogP contribution >= 0.6 is 11.8 Å². The Labute approximate surface area is 184 Å². The predicted molar refractivity (Wildman–Crippen MR) is 99.9 cm³/mol. The molecule has 0 atom stereocenters. The van der Waals surface area contributed by atoms with Crippen molar-refractivity contribution in [3.05, 3.63) is 42.7 Å². The second kappa shape index (κ2) is 10.3. The molecule has 0 fully saturated rings. The van der Waals surface area contributed by atoms with Crippen LogP contribution in [-0.2, 0) is 0 Å². The molecule has 0 unspecified atom stereocenters. The molecule has 0 spiro atoms. The summed E-state index contributed by atoms with van der Waals surface area (Å²) in [5.41, 5.74) is -4.21. The first-order valence-electron chi connectivity index (χ1n) is 8.45. The zero-order chi connectivity index (χ0) is 24.9. The quantitative estimate of drug-likeness (QED) is 0.320. The normalized spacial score (nSPS) is 12.3. The van der Waals surface area contributed by atoms with Gasteiger partial charge in [-0.2, -0.15) is 49.5 Å². The van der Waals surface area contributed by atoms with Gasteiger partial charge in [0.2, 0.25) is 17.7 Å². The molecule has 1 aromatic heterocycles. The van der Waals surface area contributed by atoms with Crippen molar-refractivity contribution in [1.82, 2.24) is 9.97 Å². The molecule has 0 radical (unpaired) electrons. The van der Waals surface area contributed by atoms with Gasteiger partial charge in [-0.15, -0.1) is 0 Å². The molecular formula is C17H13F9N4O2S. The molecule has 16 heteroatoms. The average Bonchev–Trinajstić information content (AvgIpc) is 2.64. The van der Waals surface area contributed by atoms with E-state index in [2.05, 4.69) is 36.7 Å². The Morgan fingerprint density at radius 1 is 0.818 bits per heavy atom. The Kier molecular flexibility index (Phi) is 8.16. The number of anilines is 2. The summed E-state index contributed by atoms with van der Waals surface area (Å²) in [5, 5.41) is 5.00. The van der Waals surface area contributed by atoms with Gasteiger partial charge in [0.15, 0.2) is 13.2 Å². The zero-order valence-corrected chi connectivity index (χ0v) is 16.8.